The van der Waals surface area contributed by atoms with Crippen molar-refractivity contribution in [2.75, 3.05) is 19.0 Å². The number of benzene rings is 2. The first-order valence-corrected chi connectivity index (χ1v) is 9.14. The topological polar surface area (TPSA) is 74.4 Å². The van der Waals surface area contributed by atoms with Crippen LogP contribution in [0.1, 0.15) is 17.3 Å². The fraction of sp³-hybridized carbons (Fsp3) is 0.200. The molecule has 1 aliphatic heterocycles. The molecule has 0 radical (unpaired) electrons. The third-order valence-electron chi connectivity index (χ3n) is 4.90. The van der Waals surface area contributed by atoms with Crippen LogP contribution >= 0.6 is 11.6 Å². The number of carbonyl (C=O) groups is 1. The van der Waals surface area contributed by atoms with E-state index in [1.807, 2.05) is 0 Å². The molecule has 0 spiro atoms. The number of hydrogen-bond acceptors (Lipinski definition) is 3. The van der Waals surface area contributed by atoms with Crippen LogP contribution in [0.4, 0.5) is 19.3 Å². The minimum atomic E-state index is -1.11. The smallest absolute Gasteiger partial charge is 0.322 e. The van der Waals surface area contributed by atoms with Gasteiger partial charge in [0.05, 0.1) is 24.6 Å². The van der Waals surface area contributed by atoms with Gasteiger partial charge in [0.2, 0.25) is 0 Å². The highest BCUT2D eigenvalue weighted by atomic mass is 35.5. The molecule has 3 aromatic rings. The highest BCUT2D eigenvalue weighted by Crippen LogP contribution is 2.34. The number of hydrogen-bond donors (Lipinski definition) is 2. The summed E-state index contributed by atoms with van der Waals surface area (Å²) in [7, 11) is 1.56. The number of amides is 2. The average molecular weight is 420 g/mol. The Morgan fingerprint density at radius 3 is 2.69 bits per heavy atom. The number of urea groups is 1. The molecule has 29 heavy (non-hydrogen) atoms. The van der Waals surface area contributed by atoms with Crippen molar-refractivity contribution in [1.29, 1.82) is 0 Å². The standard InChI is InChI=1S/C20H16ClF2N3O3/c1-26(20(28)24-11-4-2-3-10(21)5-11)17-9-29-8-16-18(17)12-6-14(22)15(23)7-13(12)19(27)25-16/h2-7,17H,8-9H2,1H3,(H,24,28)(H,25,27)/t17-/m0/s1. The van der Waals surface area contributed by atoms with Crippen LogP contribution in [-0.4, -0.2) is 29.6 Å². The molecule has 150 valence electrons. The van der Waals surface area contributed by atoms with Gasteiger partial charge in [-0.05, 0) is 35.7 Å². The fourth-order valence-electron chi connectivity index (χ4n) is 3.47. The van der Waals surface area contributed by atoms with Crippen LogP contribution in [-0.2, 0) is 11.3 Å². The second-order valence-electron chi connectivity index (χ2n) is 6.74. The number of ether oxygens (including phenoxy) is 1. The lowest BCUT2D eigenvalue weighted by Crippen LogP contribution is -2.39. The van der Waals surface area contributed by atoms with Crippen molar-refractivity contribution in [1.82, 2.24) is 9.88 Å². The number of pyridine rings is 1. The summed E-state index contributed by atoms with van der Waals surface area (Å²) >= 11 is 5.95. The maximum absolute atomic E-state index is 13.9. The van der Waals surface area contributed by atoms with Crippen LogP contribution in [0.15, 0.2) is 41.2 Å². The molecule has 2 amide bonds. The molecule has 0 saturated carbocycles. The Labute approximate surface area is 169 Å². The molecule has 4 rings (SSSR count). The number of carbonyl (C=O) groups excluding carboxylic acids is 1. The number of nitrogens with one attached hydrogen (secondary N) is 2. The normalized spacial score (nSPS) is 15.8. The number of nitrogens with zero attached hydrogens (tertiary/aromatic N) is 1. The van der Waals surface area contributed by atoms with E-state index < -0.39 is 29.3 Å². The molecule has 9 heteroatoms. The Morgan fingerprint density at radius 2 is 1.97 bits per heavy atom. The van der Waals surface area contributed by atoms with Crippen LogP contribution in [0.2, 0.25) is 5.02 Å². The lowest BCUT2D eigenvalue weighted by atomic mass is 9.95. The van der Waals surface area contributed by atoms with E-state index >= 15 is 0 Å². The van der Waals surface area contributed by atoms with Crippen LogP contribution in [0, 0.1) is 11.6 Å². The molecular weight excluding hydrogens is 404 g/mol. The van der Waals surface area contributed by atoms with Gasteiger partial charge < -0.3 is 19.9 Å². The van der Waals surface area contributed by atoms with Crippen LogP contribution in [0.3, 0.4) is 0 Å². The zero-order chi connectivity index (χ0) is 20.7. The van der Waals surface area contributed by atoms with Gasteiger partial charge in [-0.25, -0.2) is 13.6 Å². The molecule has 2 heterocycles. The van der Waals surface area contributed by atoms with E-state index in [9.17, 15) is 18.4 Å². The summed E-state index contributed by atoms with van der Waals surface area (Å²) in [4.78, 5) is 29.1. The number of anilines is 1. The summed E-state index contributed by atoms with van der Waals surface area (Å²) in [5.74, 6) is -2.18. The van der Waals surface area contributed by atoms with Gasteiger partial charge in [0.15, 0.2) is 11.6 Å². The van der Waals surface area contributed by atoms with Crippen molar-refractivity contribution in [3.05, 3.63) is 74.7 Å². The largest absolute Gasteiger partial charge is 0.373 e. The predicted molar refractivity (Wildman–Crippen MR) is 105 cm³/mol. The van der Waals surface area contributed by atoms with E-state index in [4.69, 9.17) is 16.3 Å². The summed E-state index contributed by atoms with van der Waals surface area (Å²) in [6.07, 6.45) is 0. The quantitative estimate of drug-likeness (QED) is 0.654. The van der Waals surface area contributed by atoms with Gasteiger partial charge in [-0.15, -0.1) is 0 Å². The van der Waals surface area contributed by atoms with Crippen LogP contribution in [0.5, 0.6) is 0 Å². The van der Waals surface area contributed by atoms with Crippen molar-refractivity contribution in [3.8, 4) is 0 Å². The Kier molecular flexibility index (Phi) is 4.97. The fourth-order valence-corrected chi connectivity index (χ4v) is 3.66. The number of fused-ring (bicyclic) bond motifs is 3. The van der Waals surface area contributed by atoms with Gasteiger partial charge in [0, 0.05) is 29.0 Å². The van der Waals surface area contributed by atoms with E-state index in [1.165, 1.54) is 4.90 Å². The first-order valence-electron chi connectivity index (χ1n) is 8.76. The number of aromatic amines is 1. The highest BCUT2D eigenvalue weighted by Gasteiger charge is 2.31. The zero-order valence-corrected chi connectivity index (χ0v) is 16.0. The number of aromatic nitrogens is 1. The van der Waals surface area contributed by atoms with Crippen molar-refractivity contribution in [3.63, 3.8) is 0 Å². The number of H-pyrrole nitrogens is 1. The van der Waals surface area contributed by atoms with Crippen LogP contribution in [0.25, 0.3) is 10.8 Å². The number of rotatable bonds is 2. The summed E-state index contributed by atoms with van der Waals surface area (Å²) in [5, 5.41) is 3.46. The monoisotopic (exact) mass is 419 g/mol. The molecule has 0 saturated heterocycles. The van der Waals surface area contributed by atoms with Crippen LogP contribution < -0.4 is 10.9 Å². The molecule has 6 nitrogen and oxygen atoms in total. The maximum atomic E-state index is 13.9. The molecule has 1 aromatic heterocycles. The van der Waals surface area contributed by atoms with E-state index in [0.29, 0.717) is 22.0 Å². The van der Waals surface area contributed by atoms with E-state index in [0.717, 1.165) is 12.1 Å². The Balaban J connectivity index is 1.75. The SMILES string of the molecule is CN(C(=O)Nc1cccc(Cl)c1)[C@H]1COCc2[nH]c(=O)c3cc(F)c(F)cc3c21. The predicted octanol–water partition coefficient (Wildman–Crippen LogP) is 4.19. The lowest BCUT2D eigenvalue weighted by molar-refractivity contribution is 0.0527. The first kappa shape index (κ1) is 19.4. The van der Waals surface area contributed by atoms with Crippen molar-refractivity contribution in [2.24, 2.45) is 0 Å². The van der Waals surface area contributed by atoms with Gasteiger partial charge in [-0.3, -0.25) is 4.79 Å². The molecule has 0 bridgehead atoms. The van der Waals surface area contributed by atoms with E-state index in [1.54, 1.807) is 31.3 Å². The third kappa shape index (κ3) is 3.56. The van der Waals surface area contributed by atoms with E-state index in [-0.39, 0.29) is 24.0 Å². The molecule has 0 unspecified atom stereocenters. The van der Waals surface area contributed by atoms with E-state index in [2.05, 4.69) is 10.3 Å². The maximum Gasteiger partial charge on any atom is 0.322 e. The first-order chi connectivity index (χ1) is 13.8. The molecule has 0 aliphatic carbocycles. The second-order valence-corrected chi connectivity index (χ2v) is 7.18. The molecule has 2 aromatic carbocycles. The zero-order valence-electron chi connectivity index (χ0n) is 15.3. The summed E-state index contributed by atoms with van der Waals surface area (Å²) in [5.41, 5.74) is 0.902. The molecule has 2 N–H and O–H groups in total. The van der Waals surface area contributed by atoms with Gasteiger partial charge in [-0.1, -0.05) is 17.7 Å². The van der Waals surface area contributed by atoms with Crippen molar-refractivity contribution >= 4 is 34.1 Å². The van der Waals surface area contributed by atoms with Gasteiger partial charge in [0.25, 0.3) is 5.56 Å². The molecule has 1 aliphatic rings. The molecule has 0 fully saturated rings. The summed E-state index contributed by atoms with van der Waals surface area (Å²) in [6.45, 7) is 0.229. The summed E-state index contributed by atoms with van der Waals surface area (Å²) < 4.78 is 33.1. The molecular formula is C20H16ClF2N3O3. The second kappa shape index (κ2) is 7.46. The van der Waals surface area contributed by atoms with Gasteiger partial charge >= 0.3 is 6.03 Å². The summed E-state index contributed by atoms with van der Waals surface area (Å²) in [6, 6.07) is 7.45. The molecule has 1 atom stereocenters. The number of likely N-dealkylation sites (N-methyl/N-ethyl adjacent to an activating group) is 1. The Bertz CT molecular complexity index is 1180. The number of halogens is 3. The minimum absolute atomic E-state index is 0.0122. The van der Waals surface area contributed by atoms with Crippen molar-refractivity contribution < 1.29 is 18.3 Å². The Morgan fingerprint density at radius 1 is 1.24 bits per heavy atom. The van der Waals surface area contributed by atoms with Gasteiger partial charge in [-0.2, -0.15) is 0 Å². The minimum Gasteiger partial charge on any atom is -0.373 e. The van der Waals surface area contributed by atoms with Gasteiger partial charge in [0.1, 0.15) is 0 Å². The highest BCUT2D eigenvalue weighted by molar-refractivity contribution is 6.30. The average Bonchev–Trinajstić information content (AvgIpc) is 2.68. The van der Waals surface area contributed by atoms with Crippen molar-refractivity contribution in [2.45, 2.75) is 12.6 Å². The Hall–Kier alpha value is -2.97. The third-order valence-corrected chi connectivity index (χ3v) is 5.14. The lowest BCUT2D eigenvalue weighted by Gasteiger charge is -2.33.